The van der Waals surface area contributed by atoms with Crippen LogP contribution >= 0.6 is 0 Å². The van der Waals surface area contributed by atoms with E-state index in [2.05, 4.69) is 15.8 Å². The average molecular weight is 195 g/mol. The number of carbonyl (C=O) groups is 1. The molecule has 76 valence electrons. The second-order valence-corrected chi connectivity index (χ2v) is 3.55. The van der Waals surface area contributed by atoms with Crippen molar-refractivity contribution >= 4 is 5.91 Å². The zero-order valence-corrected chi connectivity index (χ0v) is 8.20. The predicted octanol–water partition coefficient (Wildman–Crippen LogP) is 0.132. The van der Waals surface area contributed by atoms with Crippen LogP contribution < -0.4 is 10.6 Å². The molecule has 0 radical (unpaired) electrons. The van der Waals surface area contributed by atoms with E-state index in [0.717, 1.165) is 11.5 Å². The van der Waals surface area contributed by atoms with Gasteiger partial charge in [0.15, 0.2) is 0 Å². The molecule has 0 aliphatic carbocycles. The van der Waals surface area contributed by atoms with Crippen LogP contribution in [-0.4, -0.2) is 23.7 Å². The van der Waals surface area contributed by atoms with Crippen molar-refractivity contribution in [2.24, 2.45) is 0 Å². The zero-order valence-electron chi connectivity index (χ0n) is 8.20. The van der Waals surface area contributed by atoms with Crippen molar-refractivity contribution in [3.63, 3.8) is 0 Å². The third-order valence-corrected chi connectivity index (χ3v) is 2.33. The largest absolute Gasteiger partial charge is 0.361 e. The van der Waals surface area contributed by atoms with E-state index >= 15 is 0 Å². The Hall–Kier alpha value is -1.36. The third kappa shape index (κ3) is 1.63. The molecule has 1 aliphatic heterocycles. The molecule has 1 saturated heterocycles. The van der Waals surface area contributed by atoms with E-state index in [9.17, 15) is 4.79 Å². The molecule has 0 aromatic carbocycles. The summed E-state index contributed by atoms with van der Waals surface area (Å²) in [7, 11) is 0. The normalized spacial score (nSPS) is 27.4. The molecule has 0 bridgehead atoms. The Morgan fingerprint density at radius 2 is 2.43 bits per heavy atom. The van der Waals surface area contributed by atoms with Crippen LogP contribution in [0.4, 0.5) is 0 Å². The molecule has 2 rings (SSSR count). The molecule has 1 aromatic rings. The van der Waals surface area contributed by atoms with Crippen molar-refractivity contribution in [3.8, 4) is 0 Å². The van der Waals surface area contributed by atoms with Gasteiger partial charge < -0.3 is 9.84 Å². The zero-order chi connectivity index (χ0) is 10.1. The molecular weight excluding hydrogens is 182 g/mol. The number of hydrogen-bond acceptors (Lipinski definition) is 4. The predicted molar refractivity (Wildman–Crippen MR) is 49.6 cm³/mol. The maximum Gasteiger partial charge on any atom is 0.236 e. The minimum Gasteiger partial charge on any atom is -0.361 e. The van der Waals surface area contributed by atoms with Crippen LogP contribution in [0.2, 0.25) is 0 Å². The van der Waals surface area contributed by atoms with Crippen LogP contribution in [0.1, 0.15) is 24.4 Å². The Kier molecular flexibility index (Phi) is 2.25. The lowest BCUT2D eigenvalue weighted by Crippen LogP contribution is -2.53. The molecule has 1 amide bonds. The summed E-state index contributed by atoms with van der Waals surface area (Å²) in [6.07, 6.45) is 0. The molecule has 2 N–H and O–H groups in total. The lowest BCUT2D eigenvalue weighted by molar-refractivity contribution is -0.124. The Labute approximate surface area is 81.8 Å². The minimum atomic E-state index is -0.175. The first-order valence-corrected chi connectivity index (χ1v) is 4.64. The molecule has 1 aromatic heterocycles. The summed E-state index contributed by atoms with van der Waals surface area (Å²) >= 11 is 0. The Morgan fingerprint density at radius 1 is 1.64 bits per heavy atom. The van der Waals surface area contributed by atoms with E-state index < -0.39 is 0 Å². The molecule has 5 nitrogen and oxygen atoms in total. The maximum absolute atomic E-state index is 11.2. The number of aromatic nitrogens is 1. The fraction of sp³-hybridized carbons (Fsp3) is 0.556. The summed E-state index contributed by atoms with van der Waals surface area (Å²) in [5.74, 6) is 0.813. The Bertz CT molecular complexity index is 348. The average Bonchev–Trinajstić information content (AvgIpc) is 2.57. The highest BCUT2D eigenvalue weighted by Crippen LogP contribution is 2.15. The second-order valence-electron chi connectivity index (χ2n) is 3.55. The quantitative estimate of drug-likeness (QED) is 0.668. The molecule has 5 heteroatoms. The van der Waals surface area contributed by atoms with E-state index in [0.29, 0.717) is 6.54 Å². The van der Waals surface area contributed by atoms with Crippen molar-refractivity contribution < 1.29 is 9.32 Å². The van der Waals surface area contributed by atoms with Crippen molar-refractivity contribution in [1.82, 2.24) is 15.8 Å². The van der Waals surface area contributed by atoms with Crippen molar-refractivity contribution in [3.05, 3.63) is 17.5 Å². The third-order valence-electron chi connectivity index (χ3n) is 2.33. The van der Waals surface area contributed by atoms with Crippen molar-refractivity contribution in [2.45, 2.75) is 25.9 Å². The molecule has 2 heterocycles. The Morgan fingerprint density at radius 3 is 3.00 bits per heavy atom. The fourth-order valence-electron chi connectivity index (χ4n) is 1.53. The number of carbonyl (C=O) groups excluding carboxylic acids is 1. The summed E-state index contributed by atoms with van der Waals surface area (Å²) in [5, 5.41) is 9.88. The molecule has 0 saturated carbocycles. The lowest BCUT2D eigenvalue weighted by Gasteiger charge is -2.27. The van der Waals surface area contributed by atoms with Crippen LogP contribution in [0.3, 0.4) is 0 Å². The fourth-order valence-corrected chi connectivity index (χ4v) is 1.53. The topological polar surface area (TPSA) is 67.2 Å². The van der Waals surface area contributed by atoms with Gasteiger partial charge in [0.2, 0.25) is 5.91 Å². The Balaban J connectivity index is 2.10. The van der Waals surface area contributed by atoms with Gasteiger partial charge in [0.05, 0.1) is 12.1 Å². The highest BCUT2D eigenvalue weighted by Gasteiger charge is 2.26. The SMILES string of the molecule is Cc1cc(C2CNC(=O)C(C)N2)no1. The van der Waals surface area contributed by atoms with E-state index in [1.165, 1.54) is 0 Å². The van der Waals surface area contributed by atoms with Gasteiger partial charge >= 0.3 is 0 Å². The number of piperazine rings is 1. The van der Waals surface area contributed by atoms with E-state index in [-0.39, 0.29) is 18.0 Å². The number of nitrogens with zero attached hydrogens (tertiary/aromatic N) is 1. The lowest BCUT2D eigenvalue weighted by atomic mass is 10.1. The van der Waals surface area contributed by atoms with Gasteiger partial charge in [-0.25, -0.2) is 0 Å². The van der Waals surface area contributed by atoms with Gasteiger partial charge in [-0.2, -0.15) is 0 Å². The van der Waals surface area contributed by atoms with Crippen LogP contribution in [0.15, 0.2) is 10.6 Å². The summed E-state index contributed by atoms with van der Waals surface area (Å²) in [4.78, 5) is 11.2. The highest BCUT2D eigenvalue weighted by molar-refractivity contribution is 5.82. The van der Waals surface area contributed by atoms with Crippen LogP contribution in [0, 0.1) is 6.92 Å². The van der Waals surface area contributed by atoms with Crippen LogP contribution in [-0.2, 0) is 4.79 Å². The monoisotopic (exact) mass is 195 g/mol. The van der Waals surface area contributed by atoms with E-state index in [1.807, 2.05) is 19.9 Å². The van der Waals surface area contributed by atoms with Crippen LogP contribution in [0.25, 0.3) is 0 Å². The second kappa shape index (κ2) is 3.42. The molecule has 14 heavy (non-hydrogen) atoms. The first kappa shape index (κ1) is 9.21. The molecular formula is C9H13N3O2. The molecule has 2 unspecified atom stereocenters. The smallest absolute Gasteiger partial charge is 0.236 e. The molecule has 1 fully saturated rings. The van der Waals surface area contributed by atoms with Crippen molar-refractivity contribution in [1.29, 1.82) is 0 Å². The molecule has 2 atom stereocenters. The summed E-state index contributed by atoms with van der Waals surface area (Å²) in [5.41, 5.74) is 0.842. The van der Waals surface area contributed by atoms with Gasteiger partial charge in [-0.15, -0.1) is 0 Å². The number of nitrogens with one attached hydrogen (secondary N) is 2. The first-order chi connectivity index (χ1) is 6.66. The number of hydrogen-bond donors (Lipinski definition) is 2. The van der Waals surface area contributed by atoms with Crippen LogP contribution in [0.5, 0.6) is 0 Å². The number of rotatable bonds is 1. The van der Waals surface area contributed by atoms with Gasteiger partial charge in [0, 0.05) is 12.6 Å². The standard InChI is InChI=1S/C9H13N3O2/c1-5-3-7(12-14-5)8-4-10-9(13)6(2)11-8/h3,6,8,11H,4H2,1-2H3,(H,10,13). The maximum atomic E-state index is 11.2. The number of amides is 1. The van der Waals surface area contributed by atoms with Crippen molar-refractivity contribution in [2.75, 3.05) is 6.54 Å². The summed E-state index contributed by atoms with van der Waals surface area (Å²) in [6, 6.07) is 1.76. The summed E-state index contributed by atoms with van der Waals surface area (Å²) < 4.78 is 4.98. The first-order valence-electron chi connectivity index (χ1n) is 4.64. The van der Waals surface area contributed by atoms with Gasteiger partial charge in [0.25, 0.3) is 0 Å². The van der Waals surface area contributed by atoms with Gasteiger partial charge in [-0.1, -0.05) is 5.16 Å². The van der Waals surface area contributed by atoms with Gasteiger partial charge in [-0.3, -0.25) is 10.1 Å². The summed E-state index contributed by atoms with van der Waals surface area (Å²) in [6.45, 7) is 4.24. The van der Waals surface area contributed by atoms with Gasteiger partial charge in [0.1, 0.15) is 11.5 Å². The number of aryl methyl sites for hydroxylation is 1. The molecule has 1 aliphatic rings. The highest BCUT2D eigenvalue weighted by atomic mass is 16.5. The van der Waals surface area contributed by atoms with E-state index in [4.69, 9.17) is 4.52 Å². The minimum absolute atomic E-state index is 0.0291. The molecule has 0 spiro atoms. The van der Waals surface area contributed by atoms with Gasteiger partial charge in [-0.05, 0) is 13.8 Å². The van der Waals surface area contributed by atoms with E-state index in [1.54, 1.807) is 0 Å².